The standard InChI is InChI=1S/C9H15N3/c10-5-9-8(6-11-12-9)7-3-1-2-4-7/h6-7H,1-5,10H2,(H,11,12). The van der Waals surface area contributed by atoms with Gasteiger partial charge in [0.15, 0.2) is 0 Å². The summed E-state index contributed by atoms with van der Waals surface area (Å²) in [6.45, 7) is 0.589. The third-order valence-corrected chi connectivity index (χ3v) is 2.75. The lowest BCUT2D eigenvalue weighted by atomic mass is 9.98. The average molecular weight is 165 g/mol. The molecule has 0 bridgehead atoms. The quantitative estimate of drug-likeness (QED) is 0.698. The number of nitrogens with zero attached hydrogens (tertiary/aromatic N) is 1. The molecule has 1 aromatic heterocycles. The molecule has 0 radical (unpaired) electrons. The highest BCUT2D eigenvalue weighted by molar-refractivity contribution is 5.21. The van der Waals surface area contributed by atoms with Crippen molar-refractivity contribution < 1.29 is 0 Å². The van der Waals surface area contributed by atoms with Crippen LogP contribution in [-0.4, -0.2) is 10.2 Å². The van der Waals surface area contributed by atoms with Crippen LogP contribution >= 0.6 is 0 Å². The van der Waals surface area contributed by atoms with Crippen LogP contribution in [-0.2, 0) is 6.54 Å². The molecule has 12 heavy (non-hydrogen) atoms. The van der Waals surface area contributed by atoms with Gasteiger partial charge in [0.25, 0.3) is 0 Å². The molecular weight excluding hydrogens is 150 g/mol. The minimum absolute atomic E-state index is 0.589. The molecule has 1 heterocycles. The second-order valence-electron chi connectivity index (χ2n) is 3.49. The van der Waals surface area contributed by atoms with Crippen LogP contribution in [0.3, 0.4) is 0 Å². The Morgan fingerprint density at radius 1 is 1.50 bits per heavy atom. The van der Waals surface area contributed by atoms with Gasteiger partial charge in [0.2, 0.25) is 0 Å². The highest BCUT2D eigenvalue weighted by atomic mass is 15.1. The molecule has 2 rings (SSSR count). The first-order chi connectivity index (χ1) is 5.92. The number of nitrogens with two attached hydrogens (primary N) is 1. The van der Waals surface area contributed by atoms with Crippen molar-refractivity contribution >= 4 is 0 Å². The van der Waals surface area contributed by atoms with Gasteiger partial charge in [-0.05, 0) is 24.3 Å². The van der Waals surface area contributed by atoms with Gasteiger partial charge < -0.3 is 5.73 Å². The molecule has 1 saturated carbocycles. The zero-order chi connectivity index (χ0) is 8.39. The molecule has 0 amide bonds. The molecule has 0 aromatic carbocycles. The van der Waals surface area contributed by atoms with Crippen molar-refractivity contribution in [3.8, 4) is 0 Å². The van der Waals surface area contributed by atoms with Crippen LogP contribution < -0.4 is 5.73 Å². The molecule has 0 unspecified atom stereocenters. The summed E-state index contributed by atoms with van der Waals surface area (Å²) < 4.78 is 0. The number of hydrogen-bond acceptors (Lipinski definition) is 2. The van der Waals surface area contributed by atoms with Crippen LogP contribution in [0.4, 0.5) is 0 Å². The minimum Gasteiger partial charge on any atom is -0.325 e. The SMILES string of the molecule is NCc1[nH]ncc1C1CCCC1. The van der Waals surface area contributed by atoms with Gasteiger partial charge in [0.1, 0.15) is 0 Å². The summed E-state index contributed by atoms with van der Waals surface area (Å²) in [6.07, 6.45) is 7.29. The van der Waals surface area contributed by atoms with Crippen LogP contribution in [0.25, 0.3) is 0 Å². The number of H-pyrrole nitrogens is 1. The van der Waals surface area contributed by atoms with Crippen molar-refractivity contribution in [1.29, 1.82) is 0 Å². The van der Waals surface area contributed by atoms with Crippen LogP contribution in [0.2, 0.25) is 0 Å². The van der Waals surface area contributed by atoms with E-state index in [1.54, 1.807) is 0 Å². The molecule has 66 valence electrons. The van der Waals surface area contributed by atoms with Gasteiger partial charge in [0, 0.05) is 6.54 Å². The first kappa shape index (κ1) is 7.80. The summed E-state index contributed by atoms with van der Waals surface area (Å²) in [5.74, 6) is 0.724. The largest absolute Gasteiger partial charge is 0.325 e. The Kier molecular flexibility index (Phi) is 2.13. The van der Waals surface area contributed by atoms with Crippen molar-refractivity contribution in [2.45, 2.75) is 38.1 Å². The van der Waals surface area contributed by atoms with Crippen LogP contribution in [0.15, 0.2) is 6.20 Å². The molecule has 0 aliphatic heterocycles. The van der Waals surface area contributed by atoms with E-state index in [0.717, 1.165) is 11.6 Å². The molecule has 0 saturated heterocycles. The van der Waals surface area contributed by atoms with Gasteiger partial charge in [0.05, 0.1) is 11.9 Å². The minimum atomic E-state index is 0.589. The summed E-state index contributed by atoms with van der Waals surface area (Å²) in [6, 6.07) is 0. The molecule has 1 aliphatic carbocycles. The highest BCUT2D eigenvalue weighted by Crippen LogP contribution is 2.34. The van der Waals surface area contributed by atoms with E-state index in [1.807, 2.05) is 6.20 Å². The van der Waals surface area contributed by atoms with Gasteiger partial charge in [-0.15, -0.1) is 0 Å². The molecule has 3 N–H and O–H groups in total. The first-order valence-electron chi connectivity index (χ1n) is 4.64. The lowest BCUT2D eigenvalue weighted by Crippen LogP contribution is -2.02. The fraction of sp³-hybridized carbons (Fsp3) is 0.667. The van der Waals surface area contributed by atoms with Crippen molar-refractivity contribution in [3.05, 3.63) is 17.5 Å². The Morgan fingerprint density at radius 3 is 2.92 bits per heavy atom. The predicted octanol–water partition coefficient (Wildman–Crippen LogP) is 1.53. The molecule has 1 aromatic rings. The number of aromatic amines is 1. The summed E-state index contributed by atoms with van der Waals surface area (Å²) in [4.78, 5) is 0. The average Bonchev–Trinajstić information content (AvgIpc) is 2.74. The predicted molar refractivity (Wildman–Crippen MR) is 47.7 cm³/mol. The monoisotopic (exact) mass is 165 g/mol. The van der Waals surface area contributed by atoms with Gasteiger partial charge in [-0.1, -0.05) is 12.8 Å². The maximum absolute atomic E-state index is 5.59. The van der Waals surface area contributed by atoms with Crippen LogP contribution in [0, 0.1) is 0 Å². The normalized spacial score (nSPS) is 18.8. The number of aromatic nitrogens is 2. The van der Waals surface area contributed by atoms with Crippen molar-refractivity contribution in [2.24, 2.45) is 5.73 Å². The third-order valence-electron chi connectivity index (χ3n) is 2.75. The van der Waals surface area contributed by atoms with Gasteiger partial charge in [-0.3, -0.25) is 5.10 Å². The Hall–Kier alpha value is -0.830. The van der Waals surface area contributed by atoms with E-state index < -0.39 is 0 Å². The fourth-order valence-electron chi connectivity index (χ4n) is 2.07. The van der Waals surface area contributed by atoms with Crippen molar-refractivity contribution in [1.82, 2.24) is 10.2 Å². The molecule has 1 fully saturated rings. The van der Waals surface area contributed by atoms with E-state index in [0.29, 0.717) is 6.54 Å². The zero-order valence-electron chi connectivity index (χ0n) is 7.21. The van der Waals surface area contributed by atoms with E-state index in [1.165, 1.54) is 31.2 Å². The zero-order valence-corrected chi connectivity index (χ0v) is 7.21. The lowest BCUT2D eigenvalue weighted by molar-refractivity contribution is 0.711. The highest BCUT2D eigenvalue weighted by Gasteiger charge is 2.20. The van der Waals surface area contributed by atoms with E-state index in [9.17, 15) is 0 Å². The van der Waals surface area contributed by atoms with Crippen molar-refractivity contribution in [3.63, 3.8) is 0 Å². The van der Waals surface area contributed by atoms with Gasteiger partial charge >= 0.3 is 0 Å². The molecule has 0 spiro atoms. The Balaban J connectivity index is 2.19. The number of nitrogens with one attached hydrogen (secondary N) is 1. The Morgan fingerprint density at radius 2 is 2.25 bits per heavy atom. The summed E-state index contributed by atoms with van der Waals surface area (Å²) in [5.41, 5.74) is 8.07. The molecule has 3 nitrogen and oxygen atoms in total. The van der Waals surface area contributed by atoms with E-state index in [2.05, 4.69) is 10.2 Å². The van der Waals surface area contributed by atoms with Crippen LogP contribution in [0.1, 0.15) is 42.9 Å². The summed E-state index contributed by atoms with van der Waals surface area (Å²) in [5, 5.41) is 6.99. The van der Waals surface area contributed by atoms with Gasteiger partial charge in [-0.25, -0.2) is 0 Å². The van der Waals surface area contributed by atoms with E-state index in [4.69, 9.17) is 5.73 Å². The molecule has 3 heteroatoms. The fourth-order valence-corrected chi connectivity index (χ4v) is 2.07. The number of rotatable bonds is 2. The lowest BCUT2D eigenvalue weighted by Gasteiger charge is -2.07. The maximum atomic E-state index is 5.59. The van der Waals surface area contributed by atoms with Crippen LogP contribution in [0.5, 0.6) is 0 Å². The Bertz CT molecular complexity index is 248. The number of hydrogen-bond donors (Lipinski definition) is 2. The second kappa shape index (κ2) is 3.27. The third kappa shape index (κ3) is 1.25. The molecular formula is C9H15N3. The molecule has 0 atom stereocenters. The smallest absolute Gasteiger partial charge is 0.0525 e. The second-order valence-corrected chi connectivity index (χ2v) is 3.49. The maximum Gasteiger partial charge on any atom is 0.0525 e. The van der Waals surface area contributed by atoms with Gasteiger partial charge in [-0.2, -0.15) is 5.10 Å². The molecule has 1 aliphatic rings. The van der Waals surface area contributed by atoms with E-state index >= 15 is 0 Å². The summed E-state index contributed by atoms with van der Waals surface area (Å²) in [7, 11) is 0. The Labute approximate surface area is 72.4 Å². The first-order valence-corrected chi connectivity index (χ1v) is 4.64. The summed E-state index contributed by atoms with van der Waals surface area (Å²) >= 11 is 0. The topological polar surface area (TPSA) is 54.7 Å². The van der Waals surface area contributed by atoms with Crippen molar-refractivity contribution in [2.75, 3.05) is 0 Å². The van der Waals surface area contributed by atoms with E-state index in [-0.39, 0.29) is 0 Å².